The molecule has 0 spiro atoms. The Morgan fingerprint density at radius 1 is 0.976 bits per heavy atom. The molecular weight excluding hydrogens is 559 g/mol. The summed E-state index contributed by atoms with van der Waals surface area (Å²) in [5, 5.41) is 0.747. The third kappa shape index (κ3) is 8.68. The summed E-state index contributed by atoms with van der Waals surface area (Å²) in [5.41, 5.74) is 3.12. The van der Waals surface area contributed by atoms with Crippen LogP contribution in [-0.4, -0.2) is 72.0 Å². The van der Waals surface area contributed by atoms with Gasteiger partial charge in [0.05, 0.1) is 22.6 Å². The Balaban J connectivity index is 1.58. The molecule has 1 aliphatic heterocycles. The molecule has 3 aromatic rings. The molecule has 1 fully saturated rings. The highest BCUT2D eigenvalue weighted by Crippen LogP contribution is 2.29. The number of amides is 1. The van der Waals surface area contributed by atoms with Crippen LogP contribution in [0.3, 0.4) is 0 Å². The summed E-state index contributed by atoms with van der Waals surface area (Å²) >= 11 is 12.5. The number of likely N-dealkylation sites (tertiary alicyclic amines) is 1. The maximum Gasteiger partial charge on any atom is 0.326 e. The highest BCUT2D eigenvalue weighted by atomic mass is 35.5. The number of aromatic nitrogens is 1. The van der Waals surface area contributed by atoms with Gasteiger partial charge in [-0.05, 0) is 87.7 Å². The second kappa shape index (κ2) is 13.7. The molecule has 0 N–H and O–H groups in total. The van der Waals surface area contributed by atoms with Crippen LogP contribution in [0.2, 0.25) is 10.0 Å². The first kappa shape index (κ1) is 30.8. The number of pyridine rings is 1. The third-order valence-corrected chi connectivity index (χ3v) is 7.85. The van der Waals surface area contributed by atoms with E-state index in [4.69, 9.17) is 27.9 Å². The highest BCUT2D eigenvalue weighted by Gasteiger charge is 2.28. The molecule has 1 atom stereocenters. The van der Waals surface area contributed by atoms with Gasteiger partial charge in [-0.1, -0.05) is 53.5 Å². The minimum atomic E-state index is -0.649. The molecule has 1 aromatic heterocycles. The highest BCUT2D eigenvalue weighted by molar-refractivity contribution is 6.42. The summed E-state index contributed by atoms with van der Waals surface area (Å²) in [6.07, 6.45) is 5.92. The number of ether oxygens (including phenoxy) is 1. The van der Waals surface area contributed by atoms with Crippen LogP contribution >= 0.6 is 23.2 Å². The van der Waals surface area contributed by atoms with Gasteiger partial charge in [-0.15, -0.1) is 0 Å². The Kier molecular flexibility index (Phi) is 10.3. The Hall–Kier alpha value is -3.13. The first-order valence-electron chi connectivity index (χ1n) is 13.9. The number of esters is 1. The van der Waals surface area contributed by atoms with Crippen molar-refractivity contribution < 1.29 is 14.3 Å². The van der Waals surface area contributed by atoms with Gasteiger partial charge in [0.15, 0.2) is 0 Å². The molecule has 0 radical (unpaired) electrons. The summed E-state index contributed by atoms with van der Waals surface area (Å²) in [6.45, 7) is 8.07. The Morgan fingerprint density at radius 2 is 1.68 bits per heavy atom. The summed E-state index contributed by atoms with van der Waals surface area (Å²) in [4.78, 5) is 36.8. The number of carbonyl (C=O) groups excluding carboxylic acids is 2. The fourth-order valence-electron chi connectivity index (χ4n) is 4.99. The van der Waals surface area contributed by atoms with E-state index in [2.05, 4.69) is 34.1 Å². The summed E-state index contributed by atoms with van der Waals surface area (Å²) < 4.78 is 5.56. The lowest BCUT2D eigenvalue weighted by atomic mass is 10.0. The van der Waals surface area contributed by atoms with E-state index in [-0.39, 0.29) is 25.0 Å². The smallest absolute Gasteiger partial charge is 0.326 e. The van der Waals surface area contributed by atoms with E-state index in [0.717, 1.165) is 49.2 Å². The van der Waals surface area contributed by atoms with Gasteiger partial charge in [0.2, 0.25) is 5.91 Å². The number of halogens is 2. The lowest BCUT2D eigenvalue weighted by Gasteiger charge is -2.34. The van der Waals surface area contributed by atoms with Gasteiger partial charge in [-0.2, -0.15) is 0 Å². The van der Waals surface area contributed by atoms with Gasteiger partial charge in [-0.3, -0.25) is 14.6 Å². The fraction of sp³-hybridized carbons (Fsp3) is 0.406. The lowest BCUT2D eigenvalue weighted by Crippen LogP contribution is -2.45. The topological polar surface area (TPSA) is 66.0 Å². The molecule has 41 heavy (non-hydrogen) atoms. The lowest BCUT2D eigenvalue weighted by molar-refractivity contribution is -0.153. The SMILES string of the molecule is CN(C(=O)CN(CC(=O)OC(C)(C)C)c1ccc(Cl)c(Cl)c1)C(CN1CCCC1)c1ccc(-c2cccnc2)cc1. The standard InChI is InChI=1S/C32H38Cl2N4O3/c1-32(2,3)41-31(40)22-38(26-13-14-27(33)28(34)18-26)21-30(39)36(4)29(20-37-16-5-6-17-37)24-11-9-23(10-12-24)25-8-7-15-35-19-25/h7-15,18-19,29H,5-6,16-17,20-22H2,1-4H3. The average Bonchev–Trinajstić information content (AvgIpc) is 3.45. The second-order valence-corrected chi connectivity index (χ2v) is 12.2. The normalized spacial score (nSPS) is 14.5. The fourth-order valence-corrected chi connectivity index (χ4v) is 5.28. The predicted octanol–water partition coefficient (Wildman–Crippen LogP) is 6.50. The number of hydrogen-bond donors (Lipinski definition) is 0. The van der Waals surface area contributed by atoms with Crippen molar-refractivity contribution in [1.82, 2.24) is 14.8 Å². The molecule has 1 aliphatic rings. The molecule has 0 bridgehead atoms. The van der Waals surface area contributed by atoms with Crippen molar-refractivity contribution in [2.24, 2.45) is 0 Å². The number of anilines is 1. The van der Waals surface area contributed by atoms with Crippen LogP contribution in [0.5, 0.6) is 0 Å². The van der Waals surface area contributed by atoms with Gasteiger partial charge in [0, 0.05) is 31.7 Å². The van der Waals surface area contributed by atoms with Crippen molar-refractivity contribution in [3.05, 3.63) is 82.6 Å². The van der Waals surface area contributed by atoms with Crippen molar-refractivity contribution in [2.75, 3.05) is 44.7 Å². The van der Waals surface area contributed by atoms with Gasteiger partial charge in [0.25, 0.3) is 0 Å². The zero-order valence-electron chi connectivity index (χ0n) is 24.1. The Morgan fingerprint density at radius 3 is 2.29 bits per heavy atom. The van der Waals surface area contributed by atoms with Crippen LogP contribution in [0.1, 0.15) is 45.2 Å². The molecule has 1 saturated heterocycles. The summed E-state index contributed by atoms with van der Waals surface area (Å²) in [7, 11) is 1.83. The monoisotopic (exact) mass is 596 g/mol. The van der Waals surface area contributed by atoms with E-state index in [0.29, 0.717) is 15.7 Å². The molecule has 218 valence electrons. The van der Waals surface area contributed by atoms with E-state index in [1.54, 1.807) is 34.2 Å². The second-order valence-electron chi connectivity index (χ2n) is 11.4. The zero-order chi connectivity index (χ0) is 29.6. The van der Waals surface area contributed by atoms with Crippen LogP contribution in [0.25, 0.3) is 11.1 Å². The molecule has 0 aliphatic carbocycles. The molecule has 4 rings (SSSR count). The van der Waals surface area contributed by atoms with Gasteiger partial charge >= 0.3 is 5.97 Å². The van der Waals surface area contributed by atoms with Crippen LogP contribution in [-0.2, 0) is 14.3 Å². The van der Waals surface area contributed by atoms with Crippen LogP contribution < -0.4 is 4.90 Å². The van der Waals surface area contributed by atoms with E-state index >= 15 is 0 Å². The molecule has 0 saturated carbocycles. The quantitative estimate of drug-likeness (QED) is 0.249. The molecule has 1 unspecified atom stereocenters. The third-order valence-electron chi connectivity index (χ3n) is 7.12. The van der Waals surface area contributed by atoms with Crippen LogP contribution in [0.15, 0.2) is 67.0 Å². The van der Waals surface area contributed by atoms with E-state index < -0.39 is 11.6 Å². The van der Waals surface area contributed by atoms with Crippen molar-refractivity contribution in [2.45, 2.75) is 45.3 Å². The maximum atomic E-state index is 13.9. The first-order chi connectivity index (χ1) is 19.5. The Labute approximate surface area is 253 Å². The largest absolute Gasteiger partial charge is 0.459 e. The molecule has 1 amide bonds. The van der Waals surface area contributed by atoms with Crippen molar-refractivity contribution >= 4 is 40.8 Å². The number of rotatable bonds is 10. The number of benzene rings is 2. The number of likely N-dealkylation sites (N-methyl/N-ethyl adjacent to an activating group) is 1. The van der Waals surface area contributed by atoms with E-state index in [1.807, 2.05) is 46.1 Å². The minimum absolute atomic E-state index is 0.0298. The number of hydrogen-bond acceptors (Lipinski definition) is 6. The number of nitrogens with zero attached hydrogens (tertiary/aromatic N) is 4. The Bertz CT molecular complexity index is 1320. The minimum Gasteiger partial charge on any atom is -0.459 e. The van der Waals surface area contributed by atoms with E-state index in [1.165, 1.54) is 0 Å². The molecule has 9 heteroatoms. The van der Waals surface area contributed by atoms with Crippen LogP contribution in [0, 0.1) is 0 Å². The van der Waals surface area contributed by atoms with E-state index in [9.17, 15) is 9.59 Å². The molecule has 2 heterocycles. The average molecular weight is 598 g/mol. The van der Waals surface area contributed by atoms with Crippen LogP contribution in [0.4, 0.5) is 5.69 Å². The van der Waals surface area contributed by atoms with Crippen molar-refractivity contribution in [3.63, 3.8) is 0 Å². The first-order valence-corrected chi connectivity index (χ1v) is 14.7. The summed E-state index contributed by atoms with van der Waals surface area (Å²) in [6, 6.07) is 17.2. The zero-order valence-corrected chi connectivity index (χ0v) is 25.7. The van der Waals surface area contributed by atoms with Gasteiger partial charge < -0.3 is 19.4 Å². The summed E-state index contributed by atoms with van der Waals surface area (Å²) in [5.74, 6) is -0.557. The molecule has 2 aromatic carbocycles. The maximum absolute atomic E-state index is 13.9. The van der Waals surface area contributed by atoms with Crippen molar-refractivity contribution in [3.8, 4) is 11.1 Å². The van der Waals surface area contributed by atoms with Gasteiger partial charge in [-0.25, -0.2) is 0 Å². The van der Waals surface area contributed by atoms with Gasteiger partial charge in [0.1, 0.15) is 12.1 Å². The molecule has 7 nitrogen and oxygen atoms in total. The molecular formula is C32H38Cl2N4O3. The predicted molar refractivity (Wildman–Crippen MR) is 165 cm³/mol. The number of carbonyl (C=O) groups is 2. The van der Waals surface area contributed by atoms with Crippen molar-refractivity contribution in [1.29, 1.82) is 0 Å².